The Hall–Kier alpha value is -0.530. The predicted molar refractivity (Wildman–Crippen MR) is 70.1 cm³/mol. The van der Waals surface area contributed by atoms with Crippen LogP contribution in [0.5, 0.6) is 0 Å². The molecule has 0 bridgehead atoms. The van der Waals surface area contributed by atoms with Gasteiger partial charge in [-0.2, -0.15) is 0 Å². The van der Waals surface area contributed by atoms with E-state index in [2.05, 4.69) is 26.6 Å². The third-order valence-electron chi connectivity index (χ3n) is 2.73. The summed E-state index contributed by atoms with van der Waals surface area (Å²) in [4.78, 5) is 12.8. The van der Waals surface area contributed by atoms with E-state index in [0.717, 1.165) is 8.66 Å². The highest BCUT2D eigenvalue weighted by atomic mass is 79.9. The Bertz CT molecular complexity index is 438. The normalized spacial score (nSPS) is 22.1. The van der Waals surface area contributed by atoms with Crippen LogP contribution in [0.2, 0.25) is 0 Å². The van der Waals surface area contributed by atoms with Crippen LogP contribution in [0, 0.1) is 0 Å². The quantitative estimate of drug-likeness (QED) is 0.883. The number of halogens is 3. The van der Waals surface area contributed by atoms with Gasteiger partial charge in [0.15, 0.2) is 0 Å². The van der Waals surface area contributed by atoms with Crippen molar-refractivity contribution in [3.05, 3.63) is 20.8 Å². The number of hydrogen-bond acceptors (Lipinski definition) is 3. The number of carbonyl (C=O) groups excluding carboxylic acids is 1. The number of alkyl halides is 2. The molecule has 1 aliphatic rings. The summed E-state index contributed by atoms with van der Waals surface area (Å²) in [6.45, 7) is 0.0541. The summed E-state index contributed by atoms with van der Waals surface area (Å²) in [5, 5.41) is 5.21. The SMILES string of the molecule is O=C(NCCc1ccc(Br)s1)C1CC(F)(F)CN1. The molecule has 0 radical (unpaired) electrons. The Morgan fingerprint density at radius 2 is 2.39 bits per heavy atom. The van der Waals surface area contributed by atoms with E-state index in [4.69, 9.17) is 0 Å². The van der Waals surface area contributed by atoms with E-state index in [1.165, 1.54) is 0 Å². The molecule has 2 rings (SSSR count). The molecular weight excluding hydrogens is 326 g/mol. The van der Waals surface area contributed by atoms with Crippen LogP contribution in [0.25, 0.3) is 0 Å². The summed E-state index contributed by atoms with van der Waals surface area (Å²) >= 11 is 4.96. The molecule has 2 N–H and O–H groups in total. The van der Waals surface area contributed by atoms with E-state index >= 15 is 0 Å². The van der Waals surface area contributed by atoms with E-state index in [1.807, 2.05) is 12.1 Å². The van der Waals surface area contributed by atoms with Crippen molar-refractivity contribution in [2.45, 2.75) is 24.8 Å². The molecule has 1 fully saturated rings. The lowest BCUT2D eigenvalue weighted by Gasteiger charge is -2.10. The van der Waals surface area contributed by atoms with E-state index in [-0.39, 0.29) is 5.91 Å². The molecule has 0 spiro atoms. The number of hydrogen-bond donors (Lipinski definition) is 2. The maximum Gasteiger partial charge on any atom is 0.262 e. The van der Waals surface area contributed by atoms with Gasteiger partial charge in [-0.15, -0.1) is 11.3 Å². The van der Waals surface area contributed by atoms with Gasteiger partial charge in [0.2, 0.25) is 5.91 Å². The first kappa shape index (κ1) is 13.9. The van der Waals surface area contributed by atoms with Gasteiger partial charge in [0.25, 0.3) is 5.92 Å². The lowest BCUT2D eigenvalue weighted by molar-refractivity contribution is -0.123. The summed E-state index contributed by atoms with van der Waals surface area (Å²) in [5.74, 6) is -3.11. The fraction of sp³-hybridized carbons (Fsp3) is 0.545. The van der Waals surface area contributed by atoms with Gasteiger partial charge in [0, 0.05) is 17.8 Å². The summed E-state index contributed by atoms with van der Waals surface area (Å²) in [6.07, 6.45) is 0.300. The molecule has 1 aromatic rings. The lowest BCUT2D eigenvalue weighted by atomic mass is 10.2. The van der Waals surface area contributed by atoms with Gasteiger partial charge in [-0.1, -0.05) is 0 Å². The number of carbonyl (C=O) groups is 1. The second-order valence-corrected chi connectivity index (χ2v) is 6.79. The van der Waals surface area contributed by atoms with Crippen LogP contribution in [0.15, 0.2) is 15.9 Å². The molecule has 100 valence electrons. The molecule has 0 aliphatic carbocycles. The number of thiophene rings is 1. The molecule has 1 atom stereocenters. The van der Waals surface area contributed by atoms with E-state index in [1.54, 1.807) is 11.3 Å². The lowest BCUT2D eigenvalue weighted by Crippen LogP contribution is -2.41. The largest absolute Gasteiger partial charge is 0.354 e. The minimum atomic E-state index is -2.76. The Morgan fingerprint density at radius 1 is 1.61 bits per heavy atom. The van der Waals surface area contributed by atoms with Crippen molar-refractivity contribution in [1.82, 2.24) is 10.6 Å². The van der Waals surface area contributed by atoms with Gasteiger partial charge >= 0.3 is 0 Å². The van der Waals surface area contributed by atoms with Crippen molar-refractivity contribution in [1.29, 1.82) is 0 Å². The van der Waals surface area contributed by atoms with Crippen molar-refractivity contribution in [3.8, 4) is 0 Å². The standard InChI is InChI=1S/C11H13BrF2N2OS/c12-9-2-1-7(18-9)3-4-15-10(17)8-5-11(13,14)6-16-8/h1-2,8,16H,3-6H2,(H,15,17). The van der Waals surface area contributed by atoms with Crippen molar-refractivity contribution >= 4 is 33.2 Å². The van der Waals surface area contributed by atoms with Crippen LogP contribution in [0.3, 0.4) is 0 Å². The average molecular weight is 339 g/mol. The molecule has 1 aliphatic heterocycles. The molecule has 1 unspecified atom stereocenters. The van der Waals surface area contributed by atoms with Crippen molar-refractivity contribution in [2.75, 3.05) is 13.1 Å². The Balaban J connectivity index is 1.72. The first-order chi connectivity index (χ1) is 8.46. The third-order valence-corrected chi connectivity index (χ3v) is 4.41. The number of nitrogens with one attached hydrogen (secondary N) is 2. The molecule has 0 aromatic carbocycles. The smallest absolute Gasteiger partial charge is 0.262 e. The summed E-state index contributed by atoms with van der Waals surface area (Å²) < 4.78 is 26.8. The zero-order valence-corrected chi connectivity index (χ0v) is 11.9. The van der Waals surface area contributed by atoms with Crippen LogP contribution in [-0.2, 0) is 11.2 Å². The average Bonchev–Trinajstić information content (AvgIpc) is 2.85. The monoisotopic (exact) mass is 338 g/mol. The van der Waals surface area contributed by atoms with Crippen LogP contribution in [-0.4, -0.2) is 31.0 Å². The fourth-order valence-electron chi connectivity index (χ4n) is 1.82. The zero-order valence-electron chi connectivity index (χ0n) is 9.51. The highest BCUT2D eigenvalue weighted by Crippen LogP contribution is 2.25. The first-order valence-corrected chi connectivity index (χ1v) is 7.20. The van der Waals surface area contributed by atoms with Gasteiger partial charge in [0.1, 0.15) is 0 Å². The Labute approximate surface area is 116 Å². The van der Waals surface area contributed by atoms with Crippen molar-refractivity contribution in [3.63, 3.8) is 0 Å². The van der Waals surface area contributed by atoms with Crippen LogP contribution in [0.4, 0.5) is 8.78 Å². The Morgan fingerprint density at radius 3 is 2.94 bits per heavy atom. The molecule has 7 heteroatoms. The molecule has 1 aromatic heterocycles. The second kappa shape index (κ2) is 5.63. The van der Waals surface area contributed by atoms with Gasteiger partial charge in [-0.25, -0.2) is 8.78 Å². The topological polar surface area (TPSA) is 41.1 Å². The minimum Gasteiger partial charge on any atom is -0.354 e. The fourth-order valence-corrected chi connectivity index (χ4v) is 3.30. The van der Waals surface area contributed by atoms with Crippen molar-refractivity contribution in [2.24, 2.45) is 0 Å². The highest BCUT2D eigenvalue weighted by Gasteiger charge is 2.42. The first-order valence-electron chi connectivity index (χ1n) is 5.59. The van der Waals surface area contributed by atoms with Crippen LogP contribution < -0.4 is 10.6 Å². The molecular formula is C11H13BrF2N2OS. The summed E-state index contributed by atoms with van der Waals surface area (Å²) in [7, 11) is 0. The summed E-state index contributed by atoms with van der Waals surface area (Å²) in [5.41, 5.74) is 0. The Kier molecular flexibility index (Phi) is 4.34. The van der Waals surface area contributed by atoms with E-state index in [9.17, 15) is 13.6 Å². The maximum absolute atomic E-state index is 12.9. The van der Waals surface area contributed by atoms with Gasteiger partial charge in [0.05, 0.1) is 16.4 Å². The third kappa shape index (κ3) is 3.73. The number of amides is 1. The molecule has 1 amide bonds. The van der Waals surface area contributed by atoms with Gasteiger partial charge < -0.3 is 5.32 Å². The molecule has 2 heterocycles. The van der Waals surface area contributed by atoms with Gasteiger partial charge in [-0.3, -0.25) is 10.1 Å². The second-order valence-electron chi connectivity index (χ2n) is 4.24. The highest BCUT2D eigenvalue weighted by molar-refractivity contribution is 9.11. The molecule has 18 heavy (non-hydrogen) atoms. The number of rotatable bonds is 4. The van der Waals surface area contributed by atoms with Crippen molar-refractivity contribution < 1.29 is 13.6 Å². The predicted octanol–water partition coefficient (Wildman–Crippen LogP) is 2.17. The summed E-state index contributed by atoms with van der Waals surface area (Å²) in [6, 6.07) is 3.15. The van der Waals surface area contributed by atoms with E-state index in [0.29, 0.717) is 13.0 Å². The minimum absolute atomic E-state index is 0.345. The van der Waals surface area contributed by atoms with Crippen LogP contribution >= 0.6 is 27.3 Å². The molecule has 1 saturated heterocycles. The molecule has 0 saturated carbocycles. The maximum atomic E-state index is 12.9. The zero-order chi connectivity index (χ0) is 13.2. The van der Waals surface area contributed by atoms with Crippen LogP contribution in [0.1, 0.15) is 11.3 Å². The van der Waals surface area contributed by atoms with E-state index < -0.39 is 24.9 Å². The molecule has 3 nitrogen and oxygen atoms in total. The van der Waals surface area contributed by atoms with Gasteiger partial charge in [-0.05, 0) is 34.5 Å².